The zero-order chi connectivity index (χ0) is 20.5. The number of amides is 1. The van der Waals surface area contributed by atoms with Gasteiger partial charge in [0, 0.05) is 10.4 Å². The zero-order valence-corrected chi connectivity index (χ0v) is 19.1. The van der Waals surface area contributed by atoms with Gasteiger partial charge in [-0.15, -0.1) is 11.3 Å². The topological polar surface area (TPSA) is 62.1 Å². The molecule has 1 N–H and O–H groups in total. The predicted molar refractivity (Wildman–Crippen MR) is 117 cm³/mol. The first-order valence-corrected chi connectivity index (χ1v) is 11.1. The fraction of sp³-hybridized carbons (Fsp3) is 0.455. The van der Waals surface area contributed by atoms with E-state index in [0.29, 0.717) is 34.4 Å². The number of ether oxygens (including phenoxy) is 1. The Morgan fingerprint density at radius 1 is 1.43 bits per heavy atom. The van der Waals surface area contributed by atoms with E-state index in [9.17, 15) is 10.1 Å². The van der Waals surface area contributed by atoms with E-state index in [1.165, 1.54) is 4.88 Å². The van der Waals surface area contributed by atoms with Crippen molar-refractivity contribution in [3.8, 4) is 11.8 Å². The fourth-order valence-electron chi connectivity index (χ4n) is 3.62. The number of fused-ring (bicyclic) bond motifs is 1. The molecule has 1 aromatic carbocycles. The standard InChI is InChI=1S/C22H25BrN2O2S/c1-5-27-18-9-6-13(10-17(18)23)20(26)25-21-16(12-24)15-8-7-14(22(2,3)4)11-19(15)28-21/h6,9-10,14H,5,7-8,11H2,1-4H3,(H,25,26)/t14-/m1/s1. The molecule has 0 unspecified atom stereocenters. The summed E-state index contributed by atoms with van der Waals surface area (Å²) in [4.78, 5) is 14.0. The van der Waals surface area contributed by atoms with E-state index < -0.39 is 0 Å². The molecule has 148 valence electrons. The Morgan fingerprint density at radius 3 is 2.79 bits per heavy atom. The Morgan fingerprint density at radius 2 is 2.18 bits per heavy atom. The van der Waals surface area contributed by atoms with E-state index in [0.717, 1.165) is 29.3 Å². The third kappa shape index (κ3) is 4.26. The van der Waals surface area contributed by atoms with Crippen molar-refractivity contribution < 1.29 is 9.53 Å². The zero-order valence-electron chi connectivity index (χ0n) is 16.7. The van der Waals surface area contributed by atoms with Crippen LogP contribution in [0.1, 0.15) is 60.5 Å². The molecular weight excluding hydrogens is 436 g/mol. The van der Waals surface area contributed by atoms with Gasteiger partial charge in [-0.05, 0) is 77.2 Å². The second-order valence-electron chi connectivity index (χ2n) is 8.16. The third-order valence-corrected chi connectivity index (χ3v) is 7.11. The van der Waals surface area contributed by atoms with Crippen LogP contribution in [-0.2, 0) is 12.8 Å². The van der Waals surface area contributed by atoms with Crippen molar-refractivity contribution in [2.24, 2.45) is 11.3 Å². The Hall–Kier alpha value is -1.84. The van der Waals surface area contributed by atoms with Gasteiger partial charge in [-0.3, -0.25) is 4.79 Å². The summed E-state index contributed by atoms with van der Waals surface area (Å²) in [5, 5.41) is 13.3. The molecule has 3 rings (SSSR count). The second kappa shape index (κ2) is 8.26. The summed E-state index contributed by atoms with van der Waals surface area (Å²) in [7, 11) is 0. The van der Waals surface area contributed by atoms with Crippen molar-refractivity contribution in [3.63, 3.8) is 0 Å². The van der Waals surface area contributed by atoms with E-state index in [1.54, 1.807) is 29.5 Å². The molecule has 0 radical (unpaired) electrons. The summed E-state index contributed by atoms with van der Waals surface area (Å²) < 4.78 is 6.24. The maximum atomic E-state index is 12.8. The van der Waals surface area contributed by atoms with E-state index in [1.807, 2.05) is 6.92 Å². The lowest BCUT2D eigenvalue weighted by molar-refractivity contribution is 0.102. The molecule has 4 nitrogen and oxygen atoms in total. The molecule has 0 bridgehead atoms. The molecule has 1 aliphatic rings. The van der Waals surface area contributed by atoms with Crippen LogP contribution >= 0.6 is 27.3 Å². The predicted octanol–water partition coefficient (Wildman–Crippen LogP) is 6.18. The molecule has 1 amide bonds. The van der Waals surface area contributed by atoms with E-state index in [2.05, 4.69) is 48.1 Å². The van der Waals surface area contributed by atoms with Gasteiger partial charge >= 0.3 is 0 Å². The van der Waals surface area contributed by atoms with Crippen LogP contribution < -0.4 is 10.1 Å². The smallest absolute Gasteiger partial charge is 0.256 e. The Kier molecular flexibility index (Phi) is 6.16. The van der Waals surface area contributed by atoms with Gasteiger partial charge < -0.3 is 10.1 Å². The van der Waals surface area contributed by atoms with Crippen molar-refractivity contribution in [2.45, 2.75) is 47.0 Å². The van der Waals surface area contributed by atoms with Crippen LogP contribution in [0.4, 0.5) is 5.00 Å². The highest BCUT2D eigenvalue weighted by Gasteiger charge is 2.32. The van der Waals surface area contributed by atoms with Gasteiger partial charge in [-0.2, -0.15) is 5.26 Å². The number of halogens is 1. The molecular formula is C22H25BrN2O2S. The largest absolute Gasteiger partial charge is 0.493 e. The molecule has 1 atom stereocenters. The summed E-state index contributed by atoms with van der Waals surface area (Å²) in [5.74, 6) is 1.08. The summed E-state index contributed by atoms with van der Waals surface area (Å²) in [5.41, 5.74) is 2.52. The number of anilines is 1. The molecule has 2 aromatic rings. The van der Waals surface area contributed by atoms with Gasteiger partial charge in [0.25, 0.3) is 5.91 Å². The van der Waals surface area contributed by atoms with Gasteiger partial charge in [-0.25, -0.2) is 0 Å². The number of carbonyl (C=O) groups excluding carboxylic acids is 1. The van der Waals surface area contributed by atoms with Gasteiger partial charge in [-0.1, -0.05) is 20.8 Å². The summed E-state index contributed by atoms with van der Waals surface area (Å²) in [6, 6.07) is 7.58. The number of carbonyl (C=O) groups is 1. The van der Waals surface area contributed by atoms with E-state index in [-0.39, 0.29) is 11.3 Å². The van der Waals surface area contributed by atoms with Crippen LogP contribution in [0.3, 0.4) is 0 Å². The molecule has 0 saturated heterocycles. The Labute approximate surface area is 179 Å². The molecule has 0 saturated carbocycles. The number of nitrogens with one attached hydrogen (secondary N) is 1. The quantitative estimate of drug-likeness (QED) is 0.591. The SMILES string of the molecule is CCOc1ccc(C(=O)Nc2sc3c(c2C#N)CC[C@@H](C(C)(C)C)C3)cc1Br. The number of hydrogen-bond donors (Lipinski definition) is 1. The average Bonchev–Trinajstić information content (AvgIpc) is 2.98. The van der Waals surface area contributed by atoms with Crippen molar-refractivity contribution >= 4 is 38.2 Å². The molecule has 0 aliphatic heterocycles. The van der Waals surface area contributed by atoms with Gasteiger partial charge in [0.1, 0.15) is 16.8 Å². The average molecular weight is 461 g/mol. The van der Waals surface area contributed by atoms with Crippen LogP contribution in [0.25, 0.3) is 0 Å². The number of hydrogen-bond acceptors (Lipinski definition) is 4. The van der Waals surface area contributed by atoms with E-state index in [4.69, 9.17) is 4.74 Å². The molecule has 1 aliphatic carbocycles. The Bertz CT molecular complexity index is 937. The lowest BCUT2D eigenvalue weighted by atomic mass is 9.72. The minimum Gasteiger partial charge on any atom is -0.493 e. The number of rotatable bonds is 4. The Balaban J connectivity index is 1.84. The molecule has 0 spiro atoms. The minimum atomic E-state index is -0.216. The summed E-state index contributed by atoms with van der Waals surface area (Å²) in [6.45, 7) is 9.29. The van der Waals surface area contributed by atoms with E-state index >= 15 is 0 Å². The number of benzene rings is 1. The van der Waals surface area contributed by atoms with Crippen molar-refractivity contribution in [1.82, 2.24) is 0 Å². The second-order valence-corrected chi connectivity index (χ2v) is 10.1. The lowest BCUT2D eigenvalue weighted by Gasteiger charge is -2.33. The maximum Gasteiger partial charge on any atom is 0.256 e. The van der Waals surface area contributed by atoms with Gasteiger partial charge in [0.05, 0.1) is 16.6 Å². The molecule has 1 heterocycles. The normalized spacial score (nSPS) is 16.2. The van der Waals surface area contributed by atoms with Crippen LogP contribution in [0, 0.1) is 22.7 Å². The highest BCUT2D eigenvalue weighted by atomic mass is 79.9. The molecule has 6 heteroatoms. The number of nitrogens with zero attached hydrogens (tertiary/aromatic N) is 1. The molecule has 28 heavy (non-hydrogen) atoms. The van der Waals surface area contributed by atoms with Crippen LogP contribution in [0.2, 0.25) is 0 Å². The highest BCUT2D eigenvalue weighted by molar-refractivity contribution is 9.10. The first-order chi connectivity index (χ1) is 13.2. The highest BCUT2D eigenvalue weighted by Crippen LogP contribution is 2.44. The van der Waals surface area contributed by atoms with Crippen LogP contribution in [-0.4, -0.2) is 12.5 Å². The fourth-order valence-corrected chi connectivity index (χ4v) is 5.39. The summed E-state index contributed by atoms with van der Waals surface area (Å²) in [6.07, 6.45) is 2.96. The van der Waals surface area contributed by atoms with Crippen molar-refractivity contribution in [1.29, 1.82) is 5.26 Å². The van der Waals surface area contributed by atoms with Crippen LogP contribution in [0.5, 0.6) is 5.75 Å². The minimum absolute atomic E-state index is 0.216. The maximum absolute atomic E-state index is 12.8. The lowest BCUT2D eigenvalue weighted by Crippen LogP contribution is -2.26. The monoisotopic (exact) mass is 460 g/mol. The number of nitriles is 1. The summed E-state index contributed by atoms with van der Waals surface area (Å²) >= 11 is 5.00. The van der Waals surface area contributed by atoms with Crippen molar-refractivity contribution in [2.75, 3.05) is 11.9 Å². The van der Waals surface area contributed by atoms with Crippen molar-refractivity contribution in [3.05, 3.63) is 44.2 Å². The number of thiophene rings is 1. The third-order valence-electron chi connectivity index (χ3n) is 5.32. The van der Waals surface area contributed by atoms with Crippen LogP contribution in [0.15, 0.2) is 22.7 Å². The van der Waals surface area contributed by atoms with Gasteiger partial charge in [0.2, 0.25) is 0 Å². The molecule has 1 aromatic heterocycles. The molecule has 0 fully saturated rings. The first-order valence-electron chi connectivity index (χ1n) is 9.53. The van der Waals surface area contributed by atoms with Gasteiger partial charge in [0.15, 0.2) is 0 Å². The first kappa shape index (κ1) is 20.9.